The minimum absolute atomic E-state index is 0.632. The smallest absolute Gasteiger partial charge is 0.00653 e. The van der Waals surface area contributed by atoms with Crippen LogP contribution < -0.4 is 10.4 Å². The Morgan fingerprint density at radius 3 is 2.69 bits per heavy atom. The molecule has 0 saturated carbocycles. The first kappa shape index (κ1) is 9.22. The van der Waals surface area contributed by atoms with Crippen LogP contribution >= 0.6 is 21.6 Å². The molecule has 13 heavy (non-hydrogen) atoms. The van der Waals surface area contributed by atoms with Crippen molar-refractivity contribution in [3.05, 3.63) is 34.7 Å². The van der Waals surface area contributed by atoms with Gasteiger partial charge in [-0.25, -0.2) is 0 Å². The molecule has 0 bridgehead atoms. The first-order chi connectivity index (χ1) is 6.29. The van der Waals surface area contributed by atoms with Crippen LogP contribution in [0.25, 0.3) is 10.3 Å². The van der Waals surface area contributed by atoms with E-state index in [0.717, 1.165) is 0 Å². The molecule has 0 nitrogen and oxygen atoms in total. The predicted octanol–water partition coefficient (Wildman–Crippen LogP) is 2.58. The molecule has 1 aliphatic heterocycles. The van der Waals surface area contributed by atoms with Gasteiger partial charge in [0.25, 0.3) is 0 Å². The maximum Gasteiger partial charge on any atom is 0.00653 e. The molecule has 0 saturated heterocycles. The highest BCUT2D eigenvalue weighted by molar-refractivity contribution is 8.82. The van der Waals surface area contributed by atoms with Crippen LogP contribution in [0.3, 0.4) is 0 Å². The lowest BCUT2D eigenvalue weighted by Crippen LogP contribution is -2.28. The second kappa shape index (κ2) is 3.81. The zero-order valence-electron chi connectivity index (χ0n) is 7.78. The molecule has 2 rings (SSSR count). The first-order valence-electron chi connectivity index (χ1n) is 4.42. The number of rotatable bonds is 1. The van der Waals surface area contributed by atoms with E-state index >= 15 is 0 Å². The van der Waals surface area contributed by atoms with Crippen molar-refractivity contribution >= 4 is 31.9 Å². The number of hydrogen-bond donors (Lipinski definition) is 0. The van der Waals surface area contributed by atoms with Gasteiger partial charge in [-0.3, -0.25) is 0 Å². The van der Waals surface area contributed by atoms with Crippen LogP contribution in [0.5, 0.6) is 0 Å². The van der Waals surface area contributed by atoms with E-state index in [4.69, 9.17) is 0 Å². The van der Waals surface area contributed by atoms with Gasteiger partial charge in [-0.15, -0.1) is 0 Å². The van der Waals surface area contributed by atoms with Crippen molar-refractivity contribution in [3.8, 4) is 0 Å². The minimum Gasteiger partial charge on any atom is -0.0616 e. The van der Waals surface area contributed by atoms with Crippen LogP contribution in [-0.2, 0) is 0 Å². The van der Waals surface area contributed by atoms with Crippen molar-refractivity contribution < 1.29 is 0 Å². The Bertz CT molecular complexity index is 418. The third-order valence-electron chi connectivity index (χ3n) is 2.06. The standard InChI is InChI=1S/C11H12S2/c1-8(2)11-10-6-4-3-5-9(10)7-12-13-11/h3-8H,1-2H3. The highest BCUT2D eigenvalue weighted by Gasteiger charge is 2.08. The molecule has 68 valence electrons. The molecule has 0 N–H and O–H groups in total. The first-order valence-corrected chi connectivity index (χ1v) is 6.63. The number of fused-ring (bicyclic) bond motifs is 1. The van der Waals surface area contributed by atoms with E-state index < -0.39 is 0 Å². The fourth-order valence-corrected chi connectivity index (χ4v) is 3.95. The molecule has 0 aromatic heterocycles. The van der Waals surface area contributed by atoms with Crippen LogP contribution in [0.4, 0.5) is 0 Å². The van der Waals surface area contributed by atoms with Crippen molar-refractivity contribution in [1.29, 1.82) is 0 Å². The minimum atomic E-state index is 0.632. The maximum atomic E-state index is 2.25. The van der Waals surface area contributed by atoms with E-state index in [9.17, 15) is 0 Å². The fourth-order valence-electron chi connectivity index (χ4n) is 1.40. The Kier molecular flexibility index (Phi) is 2.70. The average molecular weight is 208 g/mol. The van der Waals surface area contributed by atoms with Gasteiger partial charge in [0.1, 0.15) is 0 Å². The largest absolute Gasteiger partial charge is 0.0616 e. The molecule has 2 heteroatoms. The fraction of sp³-hybridized carbons (Fsp3) is 0.273. The normalized spacial score (nSPS) is 15.5. The summed E-state index contributed by atoms with van der Waals surface area (Å²) in [5, 5.41) is 5.02. The van der Waals surface area contributed by atoms with Gasteiger partial charge in [0.05, 0.1) is 0 Å². The summed E-state index contributed by atoms with van der Waals surface area (Å²) in [4.78, 5) is 1.50. The summed E-state index contributed by atoms with van der Waals surface area (Å²) in [6.07, 6.45) is 0. The quantitative estimate of drug-likeness (QED) is 0.651. The van der Waals surface area contributed by atoms with Crippen LogP contribution in [-0.4, -0.2) is 0 Å². The third kappa shape index (κ3) is 1.79. The molecule has 1 aromatic rings. The lowest BCUT2D eigenvalue weighted by Gasteiger charge is -2.12. The van der Waals surface area contributed by atoms with Gasteiger partial charge in [-0.1, -0.05) is 59.7 Å². The second-order valence-electron chi connectivity index (χ2n) is 3.40. The Balaban J connectivity index is 2.76. The summed E-state index contributed by atoms with van der Waals surface area (Å²) in [6.45, 7) is 4.51. The summed E-state index contributed by atoms with van der Waals surface area (Å²) in [6, 6.07) is 8.62. The molecule has 1 heterocycles. The monoisotopic (exact) mass is 208 g/mol. The summed E-state index contributed by atoms with van der Waals surface area (Å²) in [7, 11) is 3.72. The van der Waals surface area contributed by atoms with Crippen LogP contribution in [0.2, 0.25) is 0 Å². The zero-order chi connectivity index (χ0) is 9.26. The summed E-state index contributed by atoms with van der Waals surface area (Å²) in [5.41, 5.74) is 0. The summed E-state index contributed by atoms with van der Waals surface area (Å²) >= 11 is 0. The molecule has 0 unspecified atom stereocenters. The summed E-state index contributed by atoms with van der Waals surface area (Å²) in [5.74, 6) is 0.632. The Morgan fingerprint density at radius 2 is 1.92 bits per heavy atom. The maximum absolute atomic E-state index is 2.25. The number of hydrogen-bond acceptors (Lipinski definition) is 2. The lowest BCUT2D eigenvalue weighted by atomic mass is 10.1. The zero-order valence-corrected chi connectivity index (χ0v) is 9.41. The SMILES string of the molecule is CC(C)C1=c2ccccc2=CSS1. The van der Waals surface area contributed by atoms with Gasteiger partial charge >= 0.3 is 0 Å². The molecule has 1 aromatic carbocycles. The van der Waals surface area contributed by atoms with Crippen molar-refractivity contribution in [2.24, 2.45) is 5.92 Å². The van der Waals surface area contributed by atoms with Crippen LogP contribution in [0, 0.1) is 5.92 Å². The van der Waals surface area contributed by atoms with Gasteiger partial charge < -0.3 is 0 Å². The van der Waals surface area contributed by atoms with E-state index in [1.54, 1.807) is 0 Å². The van der Waals surface area contributed by atoms with E-state index in [1.807, 2.05) is 21.6 Å². The Hall–Kier alpha value is -0.340. The van der Waals surface area contributed by atoms with Crippen molar-refractivity contribution in [3.63, 3.8) is 0 Å². The van der Waals surface area contributed by atoms with Crippen molar-refractivity contribution in [2.45, 2.75) is 13.8 Å². The van der Waals surface area contributed by atoms with Gasteiger partial charge in [-0.2, -0.15) is 0 Å². The molecule has 0 amide bonds. The Labute approximate surface area is 86.5 Å². The Morgan fingerprint density at radius 1 is 1.15 bits per heavy atom. The third-order valence-corrected chi connectivity index (χ3v) is 4.50. The second-order valence-corrected chi connectivity index (χ2v) is 5.52. The molecule has 0 spiro atoms. The average Bonchev–Trinajstić information content (AvgIpc) is 2.17. The molecule has 0 fully saturated rings. The van der Waals surface area contributed by atoms with Gasteiger partial charge in [0, 0.05) is 4.91 Å². The number of benzene rings is 1. The lowest BCUT2D eigenvalue weighted by molar-refractivity contribution is 0.871. The van der Waals surface area contributed by atoms with Gasteiger partial charge in [0.2, 0.25) is 0 Å². The van der Waals surface area contributed by atoms with E-state index in [0.29, 0.717) is 5.92 Å². The molecule has 0 atom stereocenters. The van der Waals surface area contributed by atoms with Crippen molar-refractivity contribution in [1.82, 2.24) is 0 Å². The molecule has 0 aliphatic carbocycles. The van der Waals surface area contributed by atoms with Gasteiger partial charge in [0.15, 0.2) is 0 Å². The molecular formula is C11H12S2. The molecule has 0 radical (unpaired) electrons. The van der Waals surface area contributed by atoms with Crippen molar-refractivity contribution in [2.75, 3.05) is 0 Å². The van der Waals surface area contributed by atoms with E-state index in [2.05, 4.69) is 43.5 Å². The highest BCUT2D eigenvalue weighted by Crippen LogP contribution is 2.36. The topological polar surface area (TPSA) is 0 Å². The molecular weight excluding hydrogens is 196 g/mol. The predicted molar refractivity (Wildman–Crippen MR) is 63.6 cm³/mol. The summed E-state index contributed by atoms with van der Waals surface area (Å²) < 4.78 is 0. The van der Waals surface area contributed by atoms with E-state index in [-0.39, 0.29) is 0 Å². The highest BCUT2D eigenvalue weighted by atomic mass is 33.1. The molecule has 1 aliphatic rings. The van der Waals surface area contributed by atoms with Gasteiger partial charge in [-0.05, 0) is 21.8 Å². The van der Waals surface area contributed by atoms with E-state index in [1.165, 1.54) is 15.3 Å². The van der Waals surface area contributed by atoms with Crippen LogP contribution in [0.1, 0.15) is 13.8 Å². The van der Waals surface area contributed by atoms with Crippen LogP contribution in [0.15, 0.2) is 24.3 Å².